The molecule has 0 radical (unpaired) electrons. The highest BCUT2D eigenvalue weighted by Gasteiger charge is 2.39. The monoisotopic (exact) mass is 684 g/mol. The standard InChI is InChI=1S/C35H46Cl2N6O4/c1-24-28(36)19-25(20-29(24)37)21-31(34(45)41-17-15-40(16-18-41)27-10-13-39(2)14-11-27)47-35(46)42-12-6-5-9-32(42)43-23-38-30-8-4-3-7-26(30)22-33(43)44/h3-4,7-8,19-20,27,31-32,38H,5-6,9-18,21-23H2,1-2H3/t31-,32?/m1/s1. The minimum absolute atomic E-state index is 0.0498. The summed E-state index contributed by atoms with van der Waals surface area (Å²) in [7, 11) is 2.16. The summed E-state index contributed by atoms with van der Waals surface area (Å²) in [6.45, 7) is 7.50. The average Bonchev–Trinajstić information content (AvgIpc) is 3.25. The highest BCUT2D eigenvalue weighted by atomic mass is 35.5. The Hall–Kier alpha value is -3.05. The summed E-state index contributed by atoms with van der Waals surface area (Å²) in [5.41, 5.74) is 3.34. The molecule has 10 nitrogen and oxygen atoms in total. The highest BCUT2D eigenvalue weighted by molar-refractivity contribution is 6.36. The first-order valence-electron chi connectivity index (χ1n) is 16.9. The van der Waals surface area contributed by atoms with Gasteiger partial charge in [0.15, 0.2) is 6.10 Å². The number of anilines is 1. The van der Waals surface area contributed by atoms with Crippen molar-refractivity contribution < 1.29 is 19.1 Å². The lowest BCUT2D eigenvalue weighted by molar-refractivity contribution is -0.145. The molecule has 254 valence electrons. The first-order valence-corrected chi connectivity index (χ1v) is 17.7. The van der Waals surface area contributed by atoms with Gasteiger partial charge in [-0.25, -0.2) is 4.79 Å². The van der Waals surface area contributed by atoms with Crippen LogP contribution >= 0.6 is 23.2 Å². The molecule has 4 heterocycles. The number of halogens is 2. The van der Waals surface area contributed by atoms with Crippen molar-refractivity contribution in [3.63, 3.8) is 0 Å². The molecule has 2 aromatic rings. The van der Waals surface area contributed by atoms with Crippen LogP contribution in [0.15, 0.2) is 36.4 Å². The van der Waals surface area contributed by atoms with E-state index >= 15 is 0 Å². The van der Waals surface area contributed by atoms with Crippen LogP contribution in [0.4, 0.5) is 10.5 Å². The third kappa shape index (κ3) is 7.82. The number of piperidine rings is 2. The molecule has 12 heteroatoms. The van der Waals surface area contributed by atoms with Crippen LogP contribution in [0.1, 0.15) is 48.8 Å². The van der Waals surface area contributed by atoms with Gasteiger partial charge < -0.3 is 24.8 Å². The number of ether oxygens (including phenoxy) is 1. The third-order valence-corrected chi connectivity index (χ3v) is 11.1. The van der Waals surface area contributed by atoms with Crippen molar-refractivity contribution in [2.75, 3.05) is 64.8 Å². The fourth-order valence-electron chi connectivity index (χ4n) is 7.36. The number of nitrogens with zero attached hydrogens (tertiary/aromatic N) is 5. The number of para-hydroxylation sites is 1. The maximum Gasteiger partial charge on any atom is 0.412 e. The van der Waals surface area contributed by atoms with E-state index in [4.69, 9.17) is 27.9 Å². The molecule has 0 aromatic heterocycles. The zero-order valence-electron chi connectivity index (χ0n) is 27.4. The molecule has 3 saturated heterocycles. The van der Waals surface area contributed by atoms with Crippen molar-refractivity contribution >= 4 is 46.8 Å². The number of likely N-dealkylation sites (tertiary alicyclic amines) is 2. The molecule has 4 aliphatic heterocycles. The van der Waals surface area contributed by atoms with Crippen LogP contribution in [-0.4, -0.2) is 120 Å². The number of benzene rings is 2. The van der Waals surface area contributed by atoms with Crippen LogP contribution in [0.2, 0.25) is 10.0 Å². The Morgan fingerprint density at radius 1 is 0.957 bits per heavy atom. The van der Waals surface area contributed by atoms with Crippen LogP contribution in [0, 0.1) is 6.92 Å². The van der Waals surface area contributed by atoms with Crippen LogP contribution in [0.25, 0.3) is 0 Å². The van der Waals surface area contributed by atoms with Gasteiger partial charge in [-0.3, -0.25) is 19.4 Å². The van der Waals surface area contributed by atoms with Gasteiger partial charge in [0.1, 0.15) is 6.17 Å². The van der Waals surface area contributed by atoms with Gasteiger partial charge in [0.05, 0.1) is 13.1 Å². The molecule has 0 aliphatic carbocycles. The van der Waals surface area contributed by atoms with Crippen molar-refractivity contribution in [2.24, 2.45) is 0 Å². The Kier molecular flexibility index (Phi) is 10.8. The lowest BCUT2D eigenvalue weighted by Crippen LogP contribution is -2.58. The van der Waals surface area contributed by atoms with Crippen molar-refractivity contribution in [2.45, 2.75) is 70.2 Å². The number of nitrogens with one attached hydrogen (secondary N) is 1. The number of carbonyl (C=O) groups is 3. The van der Waals surface area contributed by atoms with Gasteiger partial charge in [0.25, 0.3) is 5.91 Å². The molecular formula is C35H46Cl2N6O4. The number of rotatable bonds is 6. The van der Waals surface area contributed by atoms with E-state index in [1.165, 1.54) is 0 Å². The molecule has 0 spiro atoms. The van der Waals surface area contributed by atoms with Gasteiger partial charge in [0, 0.05) is 60.9 Å². The van der Waals surface area contributed by atoms with Crippen molar-refractivity contribution in [1.82, 2.24) is 24.5 Å². The molecule has 1 unspecified atom stereocenters. The second-order valence-corrected chi connectivity index (χ2v) is 14.2. The largest absolute Gasteiger partial charge is 0.436 e. The lowest BCUT2D eigenvalue weighted by atomic mass is 10.0. The SMILES string of the molecule is Cc1c(Cl)cc(C[C@@H](OC(=O)N2CCCCC2N2CNc3ccccc3CC2=O)C(=O)N2CCN(C3CCN(C)CC3)CC2)cc1Cl. The smallest absolute Gasteiger partial charge is 0.412 e. The highest BCUT2D eigenvalue weighted by Crippen LogP contribution is 2.29. The van der Waals surface area contributed by atoms with E-state index < -0.39 is 18.4 Å². The van der Waals surface area contributed by atoms with E-state index in [1.807, 2.05) is 36.1 Å². The van der Waals surface area contributed by atoms with Crippen molar-refractivity contribution in [3.05, 3.63) is 63.1 Å². The van der Waals surface area contributed by atoms with Crippen LogP contribution in [0.5, 0.6) is 0 Å². The van der Waals surface area contributed by atoms with E-state index in [9.17, 15) is 14.4 Å². The molecule has 2 aromatic carbocycles. The maximum atomic E-state index is 14.2. The molecule has 0 saturated carbocycles. The van der Waals surface area contributed by atoms with E-state index in [0.717, 1.165) is 74.2 Å². The summed E-state index contributed by atoms with van der Waals surface area (Å²) in [6.07, 6.45) is 2.88. The maximum absolute atomic E-state index is 14.2. The van der Waals surface area contributed by atoms with Crippen molar-refractivity contribution in [3.8, 4) is 0 Å². The van der Waals surface area contributed by atoms with Crippen LogP contribution in [0.3, 0.4) is 0 Å². The van der Waals surface area contributed by atoms with Crippen molar-refractivity contribution in [1.29, 1.82) is 0 Å². The number of fused-ring (bicyclic) bond motifs is 1. The predicted molar refractivity (Wildman–Crippen MR) is 184 cm³/mol. The van der Waals surface area contributed by atoms with E-state index in [1.54, 1.807) is 21.9 Å². The first-order chi connectivity index (χ1) is 22.7. The number of piperazine rings is 1. The Morgan fingerprint density at radius 3 is 2.38 bits per heavy atom. The van der Waals surface area contributed by atoms with E-state index in [-0.39, 0.29) is 31.3 Å². The number of amides is 3. The zero-order chi connectivity index (χ0) is 33.1. The summed E-state index contributed by atoms with van der Waals surface area (Å²) >= 11 is 13.0. The molecule has 2 atom stereocenters. The molecule has 3 amide bonds. The Bertz CT molecular complexity index is 1440. The second-order valence-electron chi connectivity index (χ2n) is 13.4. The van der Waals surface area contributed by atoms with Gasteiger partial charge >= 0.3 is 6.09 Å². The molecule has 4 aliphatic rings. The summed E-state index contributed by atoms with van der Waals surface area (Å²) in [6, 6.07) is 11.9. The van der Waals surface area contributed by atoms with Gasteiger partial charge in [0.2, 0.25) is 5.91 Å². The molecule has 1 N–H and O–H groups in total. The predicted octanol–water partition coefficient (Wildman–Crippen LogP) is 4.85. The fourth-order valence-corrected chi connectivity index (χ4v) is 7.89. The summed E-state index contributed by atoms with van der Waals surface area (Å²) in [4.78, 5) is 51.7. The average molecular weight is 686 g/mol. The summed E-state index contributed by atoms with van der Waals surface area (Å²) in [5, 5.41) is 4.38. The topological polar surface area (TPSA) is 88.7 Å². The second kappa shape index (κ2) is 15.0. The molecular weight excluding hydrogens is 639 g/mol. The minimum Gasteiger partial charge on any atom is -0.436 e. The number of carbonyl (C=O) groups excluding carboxylic acids is 3. The van der Waals surface area contributed by atoms with Crippen LogP contribution < -0.4 is 5.32 Å². The van der Waals surface area contributed by atoms with Crippen LogP contribution in [-0.2, 0) is 27.2 Å². The third-order valence-electron chi connectivity index (χ3n) is 10.3. The summed E-state index contributed by atoms with van der Waals surface area (Å²) in [5.74, 6) is -0.267. The summed E-state index contributed by atoms with van der Waals surface area (Å²) < 4.78 is 6.16. The van der Waals surface area contributed by atoms with Gasteiger partial charge in [-0.15, -0.1) is 0 Å². The molecule has 6 rings (SSSR count). The molecule has 3 fully saturated rings. The zero-order valence-corrected chi connectivity index (χ0v) is 28.9. The first kappa shape index (κ1) is 33.8. The lowest BCUT2D eigenvalue weighted by Gasteiger charge is -2.43. The molecule has 0 bridgehead atoms. The Morgan fingerprint density at radius 2 is 1.66 bits per heavy atom. The fraction of sp³-hybridized carbons (Fsp3) is 0.571. The van der Waals surface area contributed by atoms with E-state index in [0.29, 0.717) is 42.1 Å². The normalized spacial score (nSPS) is 22.3. The molecule has 47 heavy (non-hydrogen) atoms. The Labute approximate surface area is 287 Å². The van der Waals surface area contributed by atoms with Gasteiger partial charge in [-0.1, -0.05) is 41.4 Å². The van der Waals surface area contributed by atoms with E-state index in [2.05, 4.69) is 22.2 Å². The quantitative estimate of drug-likeness (QED) is 0.465. The minimum atomic E-state index is -1.06. The van der Waals surface area contributed by atoms with Gasteiger partial charge in [-0.2, -0.15) is 0 Å². The Balaban J connectivity index is 1.18. The number of hydrogen-bond acceptors (Lipinski definition) is 7. The number of hydrogen-bond donors (Lipinski definition) is 1. The van der Waals surface area contributed by atoms with Gasteiger partial charge in [-0.05, 0) is 94.1 Å².